The molecule has 3 N–H and O–H groups in total. The zero-order valence-corrected chi connectivity index (χ0v) is 12.7. The van der Waals surface area contributed by atoms with Crippen molar-refractivity contribution in [3.8, 4) is 0 Å². The molecule has 0 saturated carbocycles. The number of carboxylic acid groups (broad SMARTS) is 1. The smallest absolute Gasteiger partial charge is 0.426 e. The number of hydrazine groups is 1. The maximum atomic E-state index is 12.0. The molecule has 1 saturated heterocycles. The average Bonchev–Trinajstić information content (AvgIpc) is 3.07. The lowest BCUT2D eigenvalue weighted by molar-refractivity contribution is -0.157. The fraction of sp³-hybridized carbons (Fsp3) is 0.333. The Labute approximate surface area is 137 Å². The number of carbonyl (C=O) groups is 4. The van der Waals surface area contributed by atoms with Crippen LogP contribution >= 0.6 is 0 Å². The Kier molecular flexibility index (Phi) is 5.72. The first-order chi connectivity index (χ1) is 11.5. The standard InChI is InChI=1S/C15H17N3O6/c19-12(11-7-4-8-18(11)13(20)14(21)22)16-17-15(23)24-9-10-5-2-1-3-6-10/h1-3,5-6,11H,4,7-9H2,(H,16,19)(H,17,23)(H,21,22). The SMILES string of the molecule is O=C(NNC(=O)C1CCCN1C(=O)C(=O)O)OCc1ccccc1. The maximum Gasteiger partial charge on any atom is 0.426 e. The van der Waals surface area contributed by atoms with Gasteiger partial charge in [0.15, 0.2) is 0 Å². The van der Waals surface area contributed by atoms with Crippen molar-refractivity contribution in [2.75, 3.05) is 6.54 Å². The van der Waals surface area contributed by atoms with Gasteiger partial charge in [0.25, 0.3) is 5.91 Å². The number of carbonyl (C=O) groups excluding carboxylic acids is 3. The number of benzene rings is 1. The Morgan fingerprint density at radius 2 is 1.88 bits per heavy atom. The van der Waals surface area contributed by atoms with Gasteiger partial charge >= 0.3 is 18.0 Å². The normalized spacial score (nSPS) is 16.3. The fourth-order valence-electron chi connectivity index (χ4n) is 2.36. The molecule has 1 aliphatic rings. The van der Waals surface area contributed by atoms with Gasteiger partial charge in [-0.1, -0.05) is 30.3 Å². The summed E-state index contributed by atoms with van der Waals surface area (Å²) in [5, 5.41) is 8.73. The zero-order chi connectivity index (χ0) is 17.5. The largest absolute Gasteiger partial charge is 0.474 e. The average molecular weight is 335 g/mol. The predicted molar refractivity (Wildman–Crippen MR) is 80.3 cm³/mol. The molecule has 9 nitrogen and oxygen atoms in total. The summed E-state index contributed by atoms with van der Waals surface area (Å²) in [4.78, 5) is 46.7. The number of amides is 3. The number of carboxylic acids is 1. The highest BCUT2D eigenvalue weighted by Crippen LogP contribution is 2.17. The molecule has 128 valence electrons. The van der Waals surface area contributed by atoms with Gasteiger partial charge in [-0.2, -0.15) is 0 Å². The van der Waals surface area contributed by atoms with Crippen LogP contribution in [0.2, 0.25) is 0 Å². The molecule has 2 rings (SSSR count). The van der Waals surface area contributed by atoms with E-state index in [1.165, 1.54) is 0 Å². The van der Waals surface area contributed by atoms with Crippen LogP contribution < -0.4 is 10.9 Å². The zero-order valence-electron chi connectivity index (χ0n) is 12.7. The number of aliphatic carboxylic acids is 1. The summed E-state index contributed by atoms with van der Waals surface area (Å²) in [6, 6.07) is 8.05. The number of rotatable bonds is 3. The van der Waals surface area contributed by atoms with Crippen molar-refractivity contribution in [1.82, 2.24) is 15.8 Å². The van der Waals surface area contributed by atoms with Crippen LogP contribution in [0, 0.1) is 0 Å². The van der Waals surface area contributed by atoms with Crippen molar-refractivity contribution in [1.29, 1.82) is 0 Å². The van der Waals surface area contributed by atoms with Crippen LogP contribution in [0.3, 0.4) is 0 Å². The number of ether oxygens (including phenoxy) is 1. The van der Waals surface area contributed by atoms with E-state index in [2.05, 4.69) is 10.9 Å². The second-order valence-corrected chi connectivity index (χ2v) is 5.14. The van der Waals surface area contributed by atoms with Gasteiger partial charge in [-0.3, -0.25) is 15.0 Å². The Hall–Kier alpha value is -3.10. The van der Waals surface area contributed by atoms with E-state index in [4.69, 9.17) is 9.84 Å². The van der Waals surface area contributed by atoms with E-state index in [9.17, 15) is 19.2 Å². The number of nitrogens with one attached hydrogen (secondary N) is 2. The third kappa shape index (κ3) is 4.45. The van der Waals surface area contributed by atoms with Gasteiger partial charge in [-0.15, -0.1) is 0 Å². The van der Waals surface area contributed by atoms with Gasteiger partial charge in [0.05, 0.1) is 0 Å². The molecule has 0 aromatic heterocycles. The van der Waals surface area contributed by atoms with Gasteiger partial charge < -0.3 is 14.7 Å². The summed E-state index contributed by atoms with van der Waals surface area (Å²) in [6.45, 7) is 0.220. The second-order valence-electron chi connectivity index (χ2n) is 5.14. The summed E-state index contributed by atoms with van der Waals surface area (Å²) in [6.07, 6.45) is -0.0254. The van der Waals surface area contributed by atoms with Crippen LogP contribution in [0.4, 0.5) is 4.79 Å². The Morgan fingerprint density at radius 1 is 1.17 bits per heavy atom. The molecule has 1 fully saturated rings. The third-order valence-electron chi connectivity index (χ3n) is 3.50. The molecule has 1 unspecified atom stereocenters. The molecule has 1 atom stereocenters. The van der Waals surface area contributed by atoms with Crippen LogP contribution in [0.5, 0.6) is 0 Å². The molecule has 1 aromatic rings. The van der Waals surface area contributed by atoms with E-state index in [1.54, 1.807) is 24.3 Å². The molecular weight excluding hydrogens is 318 g/mol. The van der Waals surface area contributed by atoms with E-state index < -0.39 is 29.9 Å². The van der Waals surface area contributed by atoms with Crippen molar-refractivity contribution in [2.45, 2.75) is 25.5 Å². The van der Waals surface area contributed by atoms with Crippen LogP contribution in [-0.4, -0.2) is 46.5 Å². The van der Waals surface area contributed by atoms with Crippen LogP contribution in [0.1, 0.15) is 18.4 Å². The predicted octanol–water partition coefficient (Wildman–Crippen LogP) is 0.0196. The van der Waals surface area contributed by atoms with Crippen molar-refractivity contribution < 1.29 is 29.0 Å². The fourth-order valence-corrected chi connectivity index (χ4v) is 2.36. The van der Waals surface area contributed by atoms with Crippen molar-refractivity contribution in [3.63, 3.8) is 0 Å². The number of nitrogens with zero attached hydrogens (tertiary/aromatic N) is 1. The van der Waals surface area contributed by atoms with E-state index in [0.29, 0.717) is 12.8 Å². The highest BCUT2D eigenvalue weighted by molar-refractivity contribution is 6.32. The summed E-state index contributed by atoms with van der Waals surface area (Å²) < 4.78 is 4.91. The molecule has 0 aliphatic carbocycles. The number of hydrogen-bond acceptors (Lipinski definition) is 5. The first-order valence-corrected chi connectivity index (χ1v) is 7.29. The monoisotopic (exact) mass is 335 g/mol. The lowest BCUT2D eigenvalue weighted by Crippen LogP contribution is -2.52. The van der Waals surface area contributed by atoms with Crippen LogP contribution in [0.25, 0.3) is 0 Å². The van der Waals surface area contributed by atoms with Gasteiger partial charge in [0.1, 0.15) is 12.6 Å². The minimum Gasteiger partial charge on any atom is -0.474 e. The lowest BCUT2D eigenvalue weighted by atomic mass is 10.2. The lowest BCUT2D eigenvalue weighted by Gasteiger charge is -2.21. The molecule has 0 spiro atoms. The Bertz CT molecular complexity index is 633. The molecule has 9 heteroatoms. The molecule has 1 aromatic carbocycles. The number of likely N-dealkylation sites (tertiary alicyclic amines) is 1. The Balaban J connectivity index is 1.78. The molecule has 3 amide bonds. The maximum absolute atomic E-state index is 12.0. The van der Waals surface area contributed by atoms with Gasteiger partial charge in [-0.25, -0.2) is 15.0 Å². The van der Waals surface area contributed by atoms with Crippen LogP contribution in [-0.2, 0) is 25.7 Å². The third-order valence-corrected chi connectivity index (χ3v) is 3.50. The molecule has 0 radical (unpaired) electrons. The summed E-state index contributed by atoms with van der Waals surface area (Å²) in [5.41, 5.74) is 4.99. The van der Waals surface area contributed by atoms with E-state index >= 15 is 0 Å². The highest BCUT2D eigenvalue weighted by Gasteiger charge is 2.36. The molecule has 1 aliphatic heterocycles. The first-order valence-electron chi connectivity index (χ1n) is 7.29. The topological polar surface area (TPSA) is 125 Å². The second kappa shape index (κ2) is 7.95. The summed E-state index contributed by atoms with van der Waals surface area (Å²) in [7, 11) is 0. The minimum atomic E-state index is -1.62. The number of hydrogen-bond donors (Lipinski definition) is 3. The van der Waals surface area contributed by atoms with E-state index in [0.717, 1.165) is 10.5 Å². The van der Waals surface area contributed by atoms with E-state index in [-0.39, 0.29) is 13.2 Å². The highest BCUT2D eigenvalue weighted by atomic mass is 16.6. The Morgan fingerprint density at radius 3 is 2.54 bits per heavy atom. The minimum absolute atomic E-state index is 0.0373. The van der Waals surface area contributed by atoms with Gasteiger partial charge in [-0.05, 0) is 18.4 Å². The quantitative estimate of drug-likeness (QED) is 0.528. The molecular formula is C15H17N3O6. The van der Waals surface area contributed by atoms with Crippen molar-refractivity contribution in [3.05, 3.63) is 35.9 Å². The first kappa shape index (κ1) is 17.3. The van der Waals surface area contributed by atoms with E-state index in [1.807, 2.05) is 6.07 Å². The molecule has 1 heterocycles. The van der Waals surface area contributed by atoms with Gasteiger partial charge in [0.2, 0.25) is 0 Å². The van der Waals surface area contributed by atoms with Crippen molar-refractivity contribution >= 4 is 23.9 Å². The molecule has 24 heavy (non-hydrogen) atoms. The summed E-state index contributed by atoms with van der Waals surface area (Å²) >= 11 is 0. The van der Waals surface area contributed by atoms with Gasteiger partial charge in [0, 0.05) is 6.54 Å². The summed E-state index contributed by atoms with van der Waals surface area (Å²) in [5.74, 6) is -3.43. The van der Waals surface area contributed by atoms with Crippen molar-refractivity contribution in [2.24, 2.45) is 0 Å². The molecule has 0 bridgehead atoms. The van der Waals surface area contributed by atoms with Crippen LogP contribution in [0.15, 0.2) is 30.3 Å².